The van der Waals surface area contributed by atoms with E-state index in [1.54, 1.807) is 6.07 Å². The van der Waals surface area contributed by atoms with Gasteiger partial charge in [0.15, 0.2) is 0 Å². The predicted octanol–water partition coefficient (Wildman–Crippen LogP) is 2.49. The second-order valence-corrected chi connectivity index (χ2v) is 5.09. The van der Waals surface area contributed by atoms with Gasteiger partial charge in [0, 0.05) is 30.9 Å². The molecule has 0 spiro atoms. The molecule has 104 valence electrons. The third-order valence-corrected chi connectivity index (χ3v) is 3.49. The summed E-state index contributed by atoms with van der Waals surface area (Å²) in [5.74, 6) is 1.21. The Kier molecular flexibility index (Phi) is 3.56. The molecule has 0 radical (unpaired) electrons. The van der Waals surface area contributed by atoms with Crippen LogP contribution in [0.5, 0.6) is 11.5 Å². The van der Waals surface area contributed by atoms with Crippen LogP contribution in [0.2, 0.25) is 0 Å². The molecule has 0 unspecified atom stereocenters. The fourth-order valence-electron chi connectivity index (χ4n) is 2.45. The first kappa shape index (κ1) is 12.9. The van der Waals surface area contributed by atoms with Crippen LogP contribution in [0.1, 0.15) is 17.0 Å². The van der Waals surface area contributed by atoms with E-state index in [-0.39, 0.29) is 5.75 Å². The minimum absolute atomic E-state index is 0.258. The molecule has 1 N–H and O–H groups in total. The van der Waals surface area contributed by atoms with E-state index in [4.69, 9.17) is 4.74 Å². The van der Waals surface area contributed by atoms with Gasteiger partial charge >= 0.3 is 0 Å². The van der Waals surface area contributed by atoms with Crippen LogP contribution in [0.4, 0.5) is 0 Å². The fraction of sp³-hybridized carbons (Fsp3) is 0.312. The first-order chi connectivity index (χ1) is 9.72. The Balaban J connectivity index is 1.80. The van der Waals surface area contributed by atoms with Crippen LogP contribution >= 0.6 is 0 Å². The Bertz CT molecular complexity index is 613. The first-order valence-electron chi connectivity index (χ1n) is 6.81. The molecule has 0 fully saturated rings. The van der Waals surface area contributed by atoms with Crippen LogP contribution in [0.15, 0.2) is 36.4 Å². The smallest absolute Gasteiger partial charge is 0.138 e. The van der Waals surface area contributed by atoms with Gasteiger partial charge in [-0.3, -0.25) is 9.88 Å². The summed E-state index contributed by atoms with van der Waals surface area (Å²) in [5.41, 5.74) is 2.82. The molecule has 0 amide bonds. The molecule has 4 nitrogen and oxygen atoms in total. The third kappa shape index (κ3) is 2.75. The van der Waals surface area contributed by atoms with Gasteiger partial charge in [0.25, 0.3) is 0 Å². The van der Waals surface area contributed by atoms with Crippen LogP contribution < -0.4 is 4.74 Å². The Morgan fingerprint density at radius 2 is 2.10 bits per heavy atom. The number of hydrogen-bond acceptors (Lipinski definition) is 4. The molecule has 4 heteroatoms. The highest BCUT2D eigenvalue weighted by Crippen LogP contribution is 2.24. The number of nitrogens with zero attached hydrogens (tertiary/aromatic N) is 2. The number of rotatable bonds is 2. The monoisotopic (exact) mass is 270 g/mol. The second kappa shape index (κ2) is 5.51. The second-order valence-electron chi connectivity index (χ2n) is 5.09. The molecule has 3 rings (SSSR count). The van der Waals surface area contributed by atoms with Crippen molar-refractivity contribution >= 4 is 0 Å². The summed E-state index contributed by atoms with van der Waals surface area (Å²) in [6.45, 7) is 4.85. The zero-order valence-corrected chi connectivity index (χ0v) is 11.5. The standard InChI is InChI=1S/C16H18N2O2/c1-12-6-7-15(19)14(17-12)11-18-8-9-20-16-5-3-2-4-13(16)10-18/h2-7,19H,8-11H2,1H3. The molecule has 0 aliphatic carbocycles. The maximum absolute atomic E-state index is 9.91. The van der Waals surface area contributed by atoms with Crippen molar-refractivity contribution in [2.45, 2.75) is 20.0 Å². The largest absolute Gasteiger partial charge is 0.506 e. The first-order valence-corrected chi connectivity index (χ1v) is 6.81. The molecule has 1 aromatic heterocycles. The molecular weight excluding hydrogens is 252 g/mol. The van der Waals surface area contributed by atoms with E-state index in [9.17, 15) is 5.11 Å². The Morgan fingerprint density at radius 3 is 3.00 bits per heavy atom. The summed E-state index contributed by atoms with van der Waals surface area (Å²) in [6.07, 6.45) is 0. The minimum Gasteiger partial charge on any atom is -0.506 e. The molecular formula is C16H18N2O2. The van der Waals surface area contributed by atoms with Crippen LogP contribution in [0.3, 0.4) is 0 Å². The normalized spacial score (nSPS) is 15.2. The highest BCUT2D eigenvalue weighted by Gasteiger charge is 2.16. The number of pyridine rings is 1. The summed E-state index contributed by atoms with van der Waals surface area (Å²) in [6, 6.07) is 11.6. The van der Waals surface area contributed by atoms with Crippen LogP contribution in [-0.4, -0.2) is 28.1 Å². The lowest BCUT2D eigenvalue weighted by atomic mass is 10.2. The van der Waals surface area contributed by atoms with E-state index < -0.39 is 0 Å². The minimum atomic E-state index is 0.258. The third-order valence-electron chi connectivity index (χ3n) is 3.49. The maximum atomic E-state index is 9.91. The van der Waals surface area contributed by atoms with Gasteiger partial charge in [-0.25, -0.2) is 0 Å². The van der Waals surface area contributed by atoms with Crippen molar-refractivity contribution in [2.75, 3.05) is 13.2 Å². The van der Waals surface area contributed by atoms with Crippen molar-refractivity contribution in [3.8, 4) is 11.5 Å². The average molecular weight is 270 g/mol. The van der Waals surface area contributed by atoms with Crippen molar-refractivity contribution in [1.82, 2.24) is 9.88 Å². The maximum Gasteiger partial charge on any atom is 0.138 e. The number of aromatic hydroxyl groups is 1. The van der Waals surface area contributed by atoms with Crippen molar-refractivity contribution in [3.63, 3.8) is 0 Å². The molecule has 20 heavy (non-hydrogen) atoms. The number of aryl methyl sites for hydroxylation is 1. The molecule has 0 saturated heterocycles. The van der Waals surface area contributed by atoms with Crippen molar-refractivity contribution in [2.24, 2.45) is 0 Å². The Labute approximate surface area is 118 Å². The quantitative estimate of drug-likeness (QED) is 0.910. The molecule has 1 aliphatic rings. The van der Waals surface area contributed by atoms with Gasteiger partial charge in [-0.15, -0.1) is 0 Å². The zero-order chi connectivity index (χ0) is 13.9. The molecule has 0 bridgehead atoms. The summed E-state index contributed by atoms with van der Waals surface area (Å²) in [7, 11) is 0. The van der Waals surface area contributed by atoms with Gasteiger partial charge < -0.3 is 9.84 Å². The predicted molar refractivity (Wildman–Crippen MR) is 76.7 cm³/mol. The van der Waals surface area contributed by atoms with Crippen LogP contribution in [0, 0.1) is 6.92 Å². The van der Waals surface area contributed by atoms with Gasteiger partial charge in [0.1, 0.15) is 18.1 Å². The summed E-state index contributed by atoms with van der Waals surface area (Å²) in [4.78, 5) is 6.66. The van der Waals surface area contributed by atoms with Gasteiger partial charge in [-0.2, -0.15) is 0 Å². The van der Waals surface area contributed by atoms with Gasteiger partial charge in [0.05, 0.1) is 5.69 Å². The number of para-hydroxylation sites is 1. The van der Waals surface area contributed by atoms with Crippen LogP contribution in [0.25, 0.3) is 0 Å². The summed E-state index contributed by atoms with van der Waals surface area (Å²) < 4.78 is 5.75. The molecule has 2 aromatic rings. The van der Waals surface area contributed by atoms with E-state index >= 15 is 0 Å². The fourth-order valence-corrected chi connectivity index (χ4v) is 2.45. The van der Waals surface area contributed by atoms with E-state index in [1.807, 2.05) is 31.2 Å². The zero-order valence-electron chi connectivity index (χ0n) is 11.5. The summed E-state index contributed by atoms with van der Waals surface area (Å²) >= 11 is 0. The highest BCUT2D eigenvalue weighted by atomic mass is 16.5. The number of aromatic nitrogens is 1. The summed E-state index contributed by atoms with van der Waals surface area (Å²) in [5, 5.41) is 9.91. The lowest BCUT2D eigenvalue weighted by Crippen LogP contribution is -2.25. The number of hydrogen-bond donors (Lipinski definition) is 1. The van der Waals surface area contributed by atoms with Crippen LogP contribution in [-0.2, 0) is 13.1 Å². The SMILES string of the molecule is Cc1ccc(O)c(CN2CCOc3ccccc3C2)n1. The van der Waals surface area contributed by atoms with Crippen molar-refractivity contribution in [1.29, 1.82) is 0 Å². The van der Waals surface area contributed by atoms with Gasteiger partial charge in [-0.05, 0) is 25.1 Å². The number of ether oxygens (including phenoxy) is 1. The number of fused-ring (bicyclic) bond motifs is 1. The Morgan fingerprint density at radius 1 is 1.25 bits per heavy atom. The molecule has 0 atom stereocenters. The average Bonchev–Trinajstić information content (AvgIpc) is 2.64. The van der Waals surface area contributed by atoms with Crippen molar-refractivity contribution in [3.05, 3.63) is 53.3 Å². The lowest BCUT2D eigenvalue weighted by Gasteiger charge is -2.19. The molecule has 1 aromatic carbocycles. The number of benzene rings is 1. The molecule has 1 aliphatic heterocycles. The Hall–Kier alpha value is -2.07. The van der Waals surface area contributed by atoms with E-state index in [1.165, 1.54) is 5.56 Å². The van der Waals surface area contributed by atoms with Gasteiger partial charge in [-0.1, -0.05) is 18.2 Å². The van der Waals surface area contributed by atoms with Crippen molar-refractivity contribution < 1.29 is 9.84 Å². The van der Waals surface area contributed by atoms with E-state index in [0.29, 0.717) is 13.2 Å². The van der Waals surface area contributed by atoms with E-state index in [2.05, 4.69) is 16.0 Å². The van der Waals surface area contributed by atoms with E-state index in [0.717, 1.165) is 30.2 Å². The molecule has 0 saturated carbocycles. The molecule has 2 heterocycles. The van der Waals surface area contributed by atoms with Gasteiger partial charge in [0.2, 0.25) is 0 Å². The topological polar surface area (TPSA) is 45.6 Å². The highest BCUT2D eigenvalue weighted by molar-refractivity contribution is 5.34. The lowest BCUT2D eigenvalue weighted by molar-refractivity contribution is 0.215.